The van der Waals surface area contributed by atoms with E-state index in [2.05, 4.69) is 15.3 Å². The summed E-state index contributed by atoms with van der Waals surface area (Å²) in [6.07, 6.45) is 3.63. The van der Waals surface area contributed by atoms with Crippen molar-refractivity contribution in [2.45, 2.75) is 19.8 Å². The smallest absolute Gasteiger partial charge is 0.231 e. The first-order valence-electron chi connectivity index (χ1n) is 7.35. The summed E-state index contributed by atoms with van der Waals surface area (Å²) in [6.45, 7) is 1.98. The van der Waals surface area contributed by atoms with Crippen molar-refractivity contribution in [3.05, 3.63) is 42.1 Å². The lowest BCUT2D eigenvalue weighted by molar-refractivity contribution is -0.117. The molecule has 1 N–H and O–H groups in total. The minimum Gasteiger partial charge on any atom is -0.434 e. The molecule has 2 heterocycles. The summed E-state index contributed by atoms with van der Waals surface area (Å²) >= 11 is 0. The summed E-state index contributed by atoms with van der Waals surface area (Å²) in [4.78, 5) is 20.7. The minimum atomic E-state index is 0.0705. The highest BCUT2D eigenvalue weighted by Gasteiger charge is 2.30. The van der Waals surface area contributed by atoms with Gasteiger partial charge in [0.25, 0.3) is 0 Å². The zero-order valence-corrected chi connectivity index (χ0v) is 12.2. The number of hydrogen-bond acceptors (Lipinski definition) is 4. The van der Waals surface area contributed by atoms with E-state index < -0.39 is 0 Å². The molecule has 0 aliphatic heterocycles. The van der Waals surface area contributed by atoms with Crippen LogP contribution >= 0.6 is 0 Å². The molecule has 110 valence electrons. The van der Waals surface area contributed by atoms with Crippen molar-refractivity contribution < 1.29 is 9.21 Å². The van der Waals surface area contributed by atoms with Gasteiger partial charge in [0.15, 0.2) is 11.2 Å². The molecule has 0 atom stereocenters. The van der Waals surface area contributed by atoms with Crippen LogP contribution in [0.4, 0.5) is 5.69 Å². The SMILES string of the molecule is Cc1cccc(NC(=O)C2CC2)c1-c1nc2ncccc2o1. The first-order chi connectivity index (χ1) is 10.7. The van der Waals surface area contributed by atoms with Gasteiger partial charge in [0.1, 0.15) is 0 Å². The average Bonchev–Trinajstić information content (AvgIpc) is 3.27. The number of pyridine rings is 1. The molecule has 1 aliphatic carbocycles. The van der Waals surface area contributed by atoms with Crippen LogP contribution in [-0.2, 0) is 4.79 Å². The average molecular weight is 293 g/mol. The van der Waals surface area contributed by atoms with Crippen molar-refractivity contribution in [2.75, 3.05) is 5.32 Å². The van der Waals surface area contributed by atoms with E-state index in [1.165, 1.54) is 0 Å². The molecule has 1 aliphatic rings. The Morgan fingerprint density at radius 3 is 2.91 bits per heavy atom. The van der Waals surface area contributed by atoms with Crippen LogP contribution < -0.4 is 5.32 Å². The molecular formula is C17H15N3O2. The summed E-state index contributed by atoms with van der Waals surface area (Å²) in [5.41, 5.74) is 3.76. The maximum atomic E-state index is 12.1. The van der Waals surface area contributed by atoms with Gasteiger partial charge in [-0.15, -0.1) is 0 Å². The number of carbonyl (C=O) groups is 1. The van der Waals surface area contributed by atoms with E-state index in [0.717, 1.165) is 29.7 Å². The Morgan fingerprint density at radius 1 is 1.27 bits per heavy atom. The zero-order valence-electron chi connectivity index (χ0n) is 12.2. The summed E-state index contributed by atoms with van der Waals surface area (Å²) in [5.74, 6) is 0.706. The van der Waals surface area contributed by atoms with E-state index in [1.807, 2.05) is 37.3 Å². The molecule has 0 bridgehead atoms. The van der Waals surface area contributed by atoms with Crippen molar-refractivity contribution in [3.8, 4) is 11.5 Å². The van der Waals surface area contributed by atoms with Gasteiger partial charge in [-0.1, -0.05) is 12.1 Å². The largest absolute Gasteiger partial charge is 0.434 e. The fraction of sp³-hybridized carbons (Fsp3) is 0.235. The highest BCUT2D eigenvalue weighted by atomic mass is 16.3. The number of benzene rings is 1. The van der Waals surface area contributed by atoms with Gasteiger partial charge in [-0.05, 0) is 43.5 Å². The normalized spacial score (nSPS) is 14.2. The molecule has 0 unspecified atom stereocenters. The third-order valence-electron chi connectivity index (χ3n) is 3.86. The fourth-order valence-corrected chi connectivity index (χ4v) is 2.51. The van der Waals surface area contributed by atoms with Gasteiger partial charge in [0.05, 0.1) is 11.3 Å². The molecule has 2 aromatic heterocycles. The van der Waals surface area contributed by atoms with Crippen LogP contribution in [0.3, 0.4) is 0 Å². The molecule has 1 aromatic carbocycles. The molecule has 4 rings (SSSR count). The number of amides is 1. The maximum absolute atomic E-state index is 12.1. The van der Waals surface area contributed by atoms with Crippen LogP contribution in [0.15, 0.2) is 40.9 Å². The molecule has 0 radical (unpaired) electrons. The Morgan fingerprint density at radius 2 is 2.14 bits per heavy atom. The molecule has 5 heteroatoms. The van der Waals surface area contributed by atoms with Crippen molar-refractivity contribution in [2.24, 2.45) is 5.92 Å². The van der Waals surface area contributed by atoms with Gasteiger partial charge >= 0.3 is 0 Å². The van der Waals surface area contributed by atoms with Crippen LogP contribution in [0.2, 0.25) is 0 Å². The van der Waals surface area contributed by atoms with Gasteiger partial charge in [0.2, 0.25) is 11.8 Å². The minimum absolute atomic E-state index is 0.0705. The van der Waals surface area contributed by atoms with E-state index >= 15 is 0 Å². The van der Waals surface area contributed by atoms with Gasteiger partial charge in [0, 0.05) is 12.1 Å². The lowest BCUT2D eigenvalue weighted by Crippen LogP contribution is -2.14. The van der Waals surface area contributed by atoms with Crippen LogP contribution in [0.1, 0.15) is 18.4 Å². The molecule has 3 aromatic rings. The van der Waals surface area contributed by atoms with Crippen molar-refractivity contribution in [1.29, 1.82) is 0 Å². The predicted molar refractivity (Wildman–Crippen MR) is 83.3 cm³/mol. The Balaban J connectivity index is 1.80. The quantitative estimate of drug-likeness (QED) is 0.802. The zero-order chi connectivity index (χ0) is 15.1. The van der Waals surface area contributed by atoms with Crippen LogP contribution in [0.5, 0.6) is 0 Å². The lowest BCUT2D eigenvalue weighted by Gasteiger charge is -2.10. The topological polar surface area (TPSA) is 68.0 Å². The number of aromatic nitrogens is 2. The van der Waals surface area contributed by atoms with E-state index in [0.29, 0.717) is 17.1 Å². The highest BCUT2D eigenvalue weighted by Crippen LogP contribution is 2.35. The molecule has 1 fully saturated rings. The van der Waals surface area contributed by atoms with Crippen LogP contribution in [0, 0.1) is 12.8 Å². The number of rotatable bonds is 3. The number of hydrogen-bond donors (Lipinski definition) is 1. The first kappa shape index (κ1) is 13.0. The molecule has 0 saturated heterocycles. The van der Waals surface area contributed by atoms with Crippen molar-refractivity contribution in [1.82, 2.24) is 9.97 Å². The molecule has 5 nitrogen and oxygen atoms in total. The van der Waals surface area contributed by atoms with Crippen LogP contribution in [-0.4, -0.2) is 15.9 Å². The monoisotopic (exact) mass is 293 g/mol. The van der Waals surface area contributed by atoms with E-state index in [4.69, 9.17) is 4.42 Å². The number of fused-ring (bicyclic) bond motifs is 1. The van der Waals surface area contributed by atoms with E-state index in [1.54, 1.807) is 6.20 Å². The van der Waals surface area contributed by atoms with Gasteiger partial charge in [-0.2, -0.15) is 4.98 Å². The molecule has 22 heavy (non-hydrogen) atoms. The Hall–Kier alpha value is -2.69. The maximum Gasteiger partial charge on any atom is 0.231 e. The summed E-state index contributed by atoms with van der Waals surface area (Å²) in [6, 6.07) is 9.42. The Bertz CT molecular complexity index is 832. The predicted octanol–water partition coefficient (Wildman–Crippen LogP) is 3.55. The van der Waals surface area contributed by atoms with Gasteiger partial charge in [-0.25, -0.2) is 4.98 Å². The second-order valence-corrected chi connectivity index (χ2v) is 5.61. The second kappa shape index (κ2) is 4.94. The number of oxazole rings is 1. The van der Waals surface area contributed by atoms with Crippen molar-refractivity contribution >= 4 is 22.8 Å². The number of nitrogens with zero attached hydrogens (tertiary/aromatic N) is 2. The number of carbonyl (C=O) groups excluding carboxylic acids is 1. The number of nitrogens with one attached hydrogen (secondary N) is 1. The third-order valence-corrected chi connectivity index (χ3v) is 3.86. The van der Waals surface area contributed by atoms with Gasteiger partial charge in [-0.3, -0.25) is 4.79 Å². The number of anilines is 1. The molecule has 0 spiro atoms. The Kier molecular flexibility index (Phi) is 2.92. The number of aryl methyl sites for hydroxylation is 1. The van der Waals surface area contributed by atoms with Crippen LogP contribution in [0.25, 0.3) is 22.7 Å². The Labute approximate surface area is 127 Å². The van der Waals surface area contributed by atoms with Gasteiger partial charge < -0.3 is 9.73 Å². The third kappa shape index (κ3) is 2.24. The highest BCUT2D eigenvalue weighted by molar-refractivity contribution is 5.98. The fourth-order valence-electron chi connectivity index (χ4n) is 2.51. The lowest BCUT2D eigenvalue weighted by atomic mass is 10.1. The standard InChI is InChI=1S/C17H15N3O2/c1-10-4-2-5-12(19-16(21)11-7-8-11)14(10)17-20-15-13(22-17)6-3-9-18-15/h2-6,9,11H,7-8H2,1H3,(H,19,21). The molecule has 1 amide bonds. The van der Waals surface area contributed by atoms with E-state index in [9.17, 15) is 4.79 Å². The second-order valence-electron chi connectivity index (χ2n) is 5.61. The van der Waals surface area contributed by atoms with E-state index in [-0.39, 0.29) is 11.8 Å². The van der Waals surface area contributed by atoms with Crippen molar-refractivity contribution in [3.63, 3.8) is 0 Å². The summed E-state index contributed by atoms with van der Waals surface area (Å²) < 4.78 is 5.81. The molecular weight excluding hydrogens is 278 g/mol. The molecule has 1 saturated carbocycles. The summed E-state index contributed by atoms with van der Waals surface area (Å²) in [5, 5.41) is 3.00. The summed E-state index contributed by atoms with van der Waals surface area (Å²) in [7, 11) is 0. The first-order valence-corrected chi connectivity index (χ1v) is 7.35.